The highest BCUT2D eigenvalue weighted by molar-refractivity contribution is 8.17. The molecule has 1 aliphatic carbocycles. The summed E-state index contributed by atoms with van der Waals surface area (Å²) in [5, 5.41) is 3.59. The average molecular weight is 389 g/mol. The van der Waals surface area contributed by atoms with Gasteiger partial charge in [0.2, 0.25) is 0 Å². The van der Waals surface area contributed by atoms with E-state index in [1.807, 2.05) is 23.5 Å². The molecule has 0 aromatic carbocycles. The molecule has 0 amide bonds. The first kappa shape index (κ1) is 18.8. The Balaban J connectivity index is 1.28. The molecule has 7 atom stereocenters. The first-order valence-corrected chi connectivity index (χ1v) is 11.9. The Bertz CT molecular complexity index is 441. The van der Waals surface area contributed by atoms with E-state index in [0.29, 0.717) is 28.6 Å². The summed E-state index contributed by atoms with van der Waals surface area (Å²) in [6.45, 7) is 4.41. The van der Waals surface area contributed by atoms with Crippen LogP contribution in [-0.4, -0.2) is 46.9 Å². The predicted octanol–water partition coefficient (Wildman–Crippen LogP) is 1.99. The third-order valence-corrected chi connectivity index (χ3v) is 8.75. The smallest absolute Gasteiger partial charge is 0.131 e. The summed E-state index contributed by atoms with van der Waals surface area (Å²) in [6, 6.07) is 1.01. The van der Waals surface area contributed by atoms with E-state index in [9.17, 15) is 0 Å². The molecule has 4 rings (SSSR count). The fraction of sp³-hybridized carbons (Fsp3) is 1.00. The Hall–Kier alpha value is 0.460. The van der Waals surface area contributed by atoms with Crippen LogP contribution in [0.1, 0.15) is 46.0 Å². The monoisotopic (exact) mass is 388 g/mol. The summed E-state index contributed by atoms with van der Waals surface area (Å²) in [4.78, 5) is 5.82. The molecule has 4 N–H and O–H groups in total. The molecule has 0 aromatic rings. The molecular weight excluding hydrogens is 356 g/mol. The van der Waals surface area contributed by atoms with Gasteiger partial charge in [-0.15, -0.1) is 23.5 Å². The second-order valence-electron chi connectivity index (χ2n) is 7.84. The van der Waals surface area contributed by atoms with Crippen LogP contribution in [0.15, 0.2) is 0 Å². The summed E-state index contributed by atoms with van der Waals surface area (Å²) >= 11 is 3.93. The quantitative estimate of drug-likeness (QED) is 0.570. The van der Waals surface area contributed by atoms with Crippen LogP contribution in [0.3, 0.4) is 0 Å². The van der Waals surface area contributed by atoms with Crippen molar-refractivity contribution >= 4 is 23.5 Å². The van der Waals surface area contributed by atoms with Crippen molar-refractivity contribution in [3.63, 3.8) is 0 Å². The zero-order chi connectivity index (χ0) is 17.2. The zero-order valence-corrected chi connectivity index (χ0v) is 16.8. The molecule has 7 unspecified atom stereocenters. The molecule has 8 heteroatoms. The third-order valence-electron chi connectivity index (χ3n) is 5.87. The number of thioether (sulfide) groups is 2. The summed E-state index contributed by atoms with van der Waals surface area (Å²) in [7, 11) is 0. The molecule has 0 radical (unpaired) electrons. The van der Waals surface area contributed by atoms with Crippen LogP contribution in [0.2, 0.25) is 0 Å². The highest BCUT2D eigenvalue weighted by Gasteiger charge is 2.47. The Morgan fingerprint density at radius 1 is 1.12 bits per heavy atom. The first-order chi connectivity index (χ1) is 12.2. The van der Waals surface area contributed by atoms with Gasteiger partial charge in [-0.25, -0.2) is 10.9 Å². The molecule has 3 aliphatic heterocycles. The minimum absolute atomic E-state index is 0.0191. The van der Waals surface area contributed by atoms with E-state index in [0.717, 1.165) is 5.75 Å². The Kier molecular flexibility index (Phi) is 6.50. The van der Waals surface area contributed by atoms with E-state index >= 15 is 0 Å². The highest BCUT2D eigenvalue weighted by atomic mass is 32.2. The number of ether oxygens (including phenoxy) is 1. The molecule has 6 nitrogen and oxygen atoms in total. The van der Waals surface area contributed by atoms with Crippen molar-refractivity contribution in [1.29, 1.82) is 0 Å². The van der Waals surface area contributed by atoms with Gasteiger partial charge >= 0.3 is 0 Å². The fourth-order valence-corrected chi connectivity index (χ4v) is 7.08. The second kappa shape index (κ2) is 8.65. The van der Waals surface area contributed by atoms with Crippen LogP contribution in [0.4, 0.5) is 0 Å². The largest absolute Gasteiger partial charge is 0.341 e. The molecule has 0 aromatic heterocycles. The SMILES string of the molecule is CC1CSC(SCC2NNC(C3C(C)ONC3C3CCCCC3)O2)N1. The lowest BCUT2D eigenvalue weighted by Gasteiger charge is -2.33. The Morgan fingerprint density at radius 2 is 1.96 bits per heavy atom. The number of nitrogens with one attached hydrogen (secondary N) is 4. The van der Waals surface area contributed by atoms with E-state index in [-0.39, 0.29) is 18.6 Å². The van der Waals surface area contributed by atoms with E-state index in [1.54, 1.807) is 0 Å². The van der Waals surface area contributed by atoms with Gasteiger partial charge < -0.3 is 4.74 Å². The van der Waals surface area contributed by atoms with Crippen LogP contribution in [-0.2, 0) is 9.57 Å². The van der Waals surface area contributed by atoms with E-state index < -0.39 is 0 Å². The summed E-state index contributed by atoms with van der Waals surface area (Å²) in [5.41, 5.74) is 10.1. The van der Waals surface area contributed by atoms with Gasteiger partial charge in [0.05, 0.1) is 6.10 Å². The molecule has 25 heavy (non-hydrogen) atoms. The van der Waals surface area contributed by atoms with Gasteiger partial charge in [-0.1, -0.05) is 19.3 Å². The second-order valence-corrected chi connectivity index (χ2v) is 10.4. The van der Waals surface area contributed by atoms with Gasteiger partial charge in [0, 0.05) is 29.5 Å². The van der Waals surface area contributed by atoms with E-state index in [1.165, 1.54) is 37.9 Å². The summed E-state index contributed by atoms with van der Waals surface area (Å²) < 4.78 is 6.81. The van der Waals surface area contributed by atoms with Crippen LogP contribution < -0.4 is 21.6 Å². The van der Waals surface area contributed by atoms with Gasteiger partial charge in [0.15, 0.2) is 0 Å². The van der Waals surface area contributed by atoms with E-state index in [2.05, 4.69) is 35.5 Å². The normalized spacial score (nSPS) is 46.1. The van der Waals surface area contributed by atoms with Crippen molar-refractivity contribution in [3.05, 3.63) is 0 Å². The first-order valence-electron chi connectivity index (χ1n) is 9.77. The van der Waals surface area contributed by atoms with Crippen molar-refractivity contribution in [3.8, 4) is 0 Å². The van der Waals surface area contributed by atoms with Gasteiger partial charge in [0.1, 0.15) is 17.2 Å². The fourth-order valence-electron chi connectivity index (χ4n) is 4.49. The lowest BCUT2D eigenvalue weighted by Crippen LogP contribution is -2.47. The highest BCUT2D eigenvalue weighted by Crippen LogP contribution is 2.37. The summed E-state index contributed by atoms with van der Waals surface area (Å²) in [5.74, 6) is 3.21. The van der Waals surface area contributed by atoms with Crippen molar-refractivity contribution in [2.24, 2.45) is 11.8 Å². The maximum atomic E-state index is 6.32. The summed E-state index contributed by atoms with van der Waals surface area (Å²) in [6.07, 6.45) is 6.97. The molecule has 0 bridgehead atoms. The molecule has 3 saturated heterocycles. The number of hydroxylamine groups is 1. The third kappa shape index (κ3) is 4.48. The van der Waals surface area contributed by atoms with Crippen molar-refractivity contribution in [2.75, 3.05) is 11.5 Å². The molecule has 0 spiro atoms. The molecule has 144 valence electrons. The van der Waals surface area contributed by atoms with Gasteiger partial charge in [-0.05, 0) is 32.6 Å². The molecular formula is C17H32N4O2S2. The van der Waals surface area contributed by atoms with Crippen LogP contribution in [0, 0.1) is 11.8 Å². The minimum Gasteiger partial charge on any atom is -0.341 e. The van der Waals surface area contributed by atoms with Crippen LogP contribution in [0.5, 0.6) is 0 Å². The zero-order valence-electron chi connectivity index (χ0n) is 15.2. The molecule has 1 saturated carbocycles. The molecule has 4 fully saturated rings. The van der Waals surface area contributed by atoms with Crippen LogP contribution in [0.25, 0.3) is 0 Å². The molecule has 4 aliphatic rings. The maximum absolute atomic E-state index is 6.32. The number of rotatable bonds is 5. The average Bonchev–Trinajstić information content (AvgIpc) is 3.33. The maximum Gasteiger partial charge on any atom is 0.131 e. The standard InChI is InChI=1S/C17H32N4O2S2/c1-10-8-24-17(18-10)25-9-13-19-20-16(22-13)14-11(2)23-21-15(14)12-6-4-3-5-7-12/h10-21H,3-9H2,1-2H3. The number of hydrogen-bond donors (Lipinski definition) is 4. The Labute approximate surface area is 159 Å². The van der Waals surface area contributed by atoms with Gasteiger partial charge in [-0.2, -0.15) is 5.48 Å². The minimum atomic E-state index is 0.0191. The van der Waals surface area contributed by atoms with Gasteiger partial charge in [-0.3, -0.25) is 10.2 Å². The Morgan fingerprint density at radius 3 is 2.72 bits per heavy atom. The van der Waals surface area contributed by atoms with E-state index in [4.69, 9.17) is 9.57 Å². The van der Waals surface area contributed by atoms with Crippen molar-refractivity contribution in [2.45, 2.75) is 81.3 Å². The van der Waals surface area contributed by atoms with Crippen molar-refractivity contribution in [1.82, 2.24) is 21.6 Å². The van der Waals surface area contributed by atoms with Crippen molar-refractivity contribution < 1.29 is 9.57 Å². The predicted molar refractivity (Wildman–Crippen MR) is 104 cm³/mol. The number of hydrogen-bond acceptors (Lipinski definition) is 8. The molecule has 3 heterocycles. The number of hydrazine groups is 1. The lowest BCUT2D eigenvalue weighted by atomic mass is 9.77. The topological polar surface area (TPSA) is 66.6 Å². The van der Waals surface area contributed by atoms with Gasteiger partial charge in [0.25, 0.3) is 0 Å². The van der Waals surface area contributed by atoms with Crippen LogP contribution >= 0.6 is 23.5 Å². The lowest BCUT2D eigenvalue weighted by molar-refractivity contribution is -0.0228.